The van der Waals surface area contributed by atoms with Gasteiger partial charge in [-0.3, -0.25) is 4.79 Å². The third-order valence-corrected chi connectivity index (χ3v) is 6.91. The highest BCUT2D eigenvalue weighted by molar-refractivity contribution is 8.00. The molecule has 0 fully saturated rings. The Bertz CT molecular complexity index is 1520. The van der Waals surface area contributed by atoms with Gasteiger partial charge in [-0.2, -0.15) is 10.5 Å². The summed E-state index contributed by atoms with van der Waals surface area (Å²) in [5.41, 5.74) is 6.71. The summed E-state index contributed by atoms with van der Waals surface area (Å²) in [7, 11) is 4.31. The number of amides is 1. The molecule has 1 atom stereocenters. The monoisotopic (exact) mass is 567 g/mol. The van der Waals surface area contributed by atoms with Crippen molar-refractivity contribution in [1.82, 2.24) is 4.98 Å². The van der Waals surface area contributed by atoms with E-state index in [-0.39, 0.29) is 43.8 Å². The zero-order valence-electron chi connectivity index (χ0n) is 21.2. The molecule has 0 saturated carbocycles. The molecule has 1 aromatic heterocycles. The average Bonchev–Trinajstić information content (AvgIpc) is 2.92. The van der Waals surface area contributed by atoms with Gasteiger partial charge >= 0.3 is 5.97 Å². The molecule has 13 heteroatoms. The standard InChI is InChI=1S/C26H22ClN5O6S/c1-12(24(33)31-14-5-6-18(27)15(9-14)26(34)35)39-25-17(11-29)21(16(10-28)23(30)32-25)13-7-19(36-2)22(38-4)20(8-13)37-3/h5-9,12H,1-4H3,(H2,30,32)(H,31,33)(H,34,35). The molecule has 0 spiro atoms. The van der Waals surface area contributed by atoms with Gasteiger partial charge in [-0.25, -0.2) is 9.78 Å². The van der Waals surface area contributed by atoms with Crippen LogP contribution in [0.5, 0.6) is 17.2 Å². The van der Waals surface area contributed by atoms with Crippen LogP contribution in [0.2, 0.25) is 5.02 Å². The number of carbonyl (C=O) groups is 2. The maximum atomic E-state index is 12.9. The van der Waals surface area contributed by atoms with Crippen molar-refractivity contribution >= 4 is 46.7 Å². The Balaban J connectivity index is 2.06. The minimum Gasteiger partial charge on any atom is -0.493 e. The second kappa shape index (κ2) is 12.3. The van der Waals surface area contributed by atoms with Crippen molar-refractivity contribution < 1.29 is 28.9 Å². The molecule has 0 aliphatic carbocycles. The van der Waals surface area contributed by atoms with Crippen molar-refractivity contribution in [3.63, 3.8) is 0 Å². The van der Waals surface area contributed by atoms with Gasteiger partial charge in [0.25, 0.3) is 0 Å². The molecule has 2 aromatic carbocycles. The van der Waals surface area contributed by atoms with Crippen molar-refractivity contribution in [3.8, 4) is 40.5 Å². The van der Waals surface area contributed by atoms with E-state index in [0.717, 1.165) is 11.8 Å². The quantitative estimate of drug-likeness (QED) is 0.308. The number of pyridine rings is 1. The first-order valence-corrected chi connectivity index (χ1v) is 12.3. The van der Waals surface area contributed by atoms with Crippen LogP contribution in [0.15, 0.2) is 35.4 Å². The van der Waals surface area contributed by atoms with Gasteiger partial charge in [0, 0.05) is 11.3 Å². The van der Waals surface area contributed by atoms with E-state index in [9.17, 15) is 25.2 Å². The Morgan fingerprint density at radius 1 is 1.08 bits per heavy atom. The Labute approximate surface area is 233 Å². The zero-order chi connectivity index (χ0) is 28.9. The van der Waals surface area contributed by atoms with Crippen molar-refractivity contribution in [2.24, 2.45) is 0 Å². The van der Waals surface area contributed by atoms with E-state index in [2.05, 4.69) is 16.4 Å². The number of nitrogens with one attached hydrogen (secondary N) is 1. The number of aromatic nitrogens is 1. The van der Waals surface area contributed by atoms with Crippen LogP contribution in [0, 0.1) is 22.7 Å². The number of ether oxygens (including phenoxy) is 3. The van der Waals surface area contributed by atoms with E-state index in [4.69, 9.17) is 31.5 Å². The molecule has 0 saturated heterocycles. The molecule has 1 unspecified atom stereocenters. The van der Waals surface area contributed by atoms with Crippen LogP contribution in [0.25, 0.3) is 11.1 Å². The number of nitrogen functional groups attached to an aromatic ring is 1. The number of hydrogen-bond acceptors (Lipinski definition) is 10. The van der Waals surface area contributed by atoms with Crippen molar-refractivity contribution in [1.29, 1.82) is 10.5 Å². The van der Waals surface area contributed by atoms with Gasteiger partial charge in [0.05, 0.1) is 42.7 Å². The van der Waals surface area contributed by atoms with Crippen LogP contribution in [0.4, 0.5) is 11.5 Å². The summed E-state index contributed by atoms with van der Waals surface area (Å²) in [6.07, 6.45) is 0. The molecular formula is C26H22ClN5O6S. The zero-order valence-corrected chi connectivity index (χ0v) is 22.7. The van der Waals surface area contributed by atoms with Crippen LogP contribution >= 0.6 is 23.4 Å². The molecule has 1 heterocycles. The van der Waals surface area contributed by atoms with Gasteiger partial charge < -0.3 is 30.4 Å². The number of thioether (sulfide) groups is 1. The van der Waals surface area contributed by atoms with Gasteiger partial charge in [0.2, 0.25) is 11.7 Å². The number of methoxy groups -OCH3 is 3. The number of nitriles is 2. The van der Waals surface area contributed by atoms with Crippen molar-refractivity contribution in [2.75, 3.05) is 32.4 Å². The number of benzene rings is 2. The maximum Gasteiger partial charge on any atom is 0.337 e. The third-order valence-electron chi connectivity index (χ3n) is 5.49. The lowest BCUT2D eigenvalue weighted by Crippen LogP contribution is -2.23. The van der Waals surface area contributed by atoms with Gasteiger partial charge in [-0.05, 0) is 42.8 Å². The van der Waals surface area contributed by atoms with Crippen LogP contribution in [0.1, 0.15) is 28.4 Å². The summed E-state index contributed by atoms with van der Waals surface area (Å²) in [5.74, 6) is -0.980. The molecule has 3 rings (SSSR count). The summed E-state index contributed by atoms with van der Waals surface area (Å²) in [5, 5.41) is 31.2. The lowest BCUT2D eigenvalue weighted by molar-refractivity contribution is -0.115. The second-order valence-electron chi connectivity index (χ2n) is 7.81. The fourth-order valence-electron chi connectivity index (χ4n) is 3.63. The van der Waals surface area contributed by atoms with E-state index >= 15 is 0 Å². The van der Waals surface area contributed by atoms with Gasteiger partial charge in [-0.15, -0.1) is 0 Å². The number of carbonyl (C=O) groups excluding carboxylic acids is 1. The summed E-state index contributed by atoms with van der Waals surface area (Å²) in [6.45, 7) is 1.57. The molecule has 39 heavy (non-hydrogen) atoms. The summed E-state index contributed by atoms with van der Waals surface area (Å²) in [6, 6.07) is 11.3. The number of aromatic carboxylic acids is 1. The number of carboxylic acid groups (broad SMARTS) is 1. The first-order valence-electron chi connectivity index (χ1n) is 11.0. The van der Waals surface area contributed by atoms with Crippen LogP contribution in [0.3, 0.4) is 0 Å². The van der Waals surface area contributed by atoms with Crippen molar-refractivity contribution in [3.05, 3.63) is 52.0 Å². The number of hydrogen-bond donors (Lipinski definition) is 3. The Morgan fingerprint density at radius 2 is 1.69 bits per heavy atom. The third kappa shape index (κ3) is 5.93. The van der Waals surface area contributed by atoms with E-state index < -0.39 is 17.1 Å². The fourth-order valence-corrected chi connectivity index (χ4v) is 4.75. The first-order chi connectivity index (χ1) is 18.6. The minimum atomic E-state index is -1.24. The normalized spacial score (nSPS) is 11.1. The average molecular weight is 568 g/mol. The molecule has 4 N–H and O–H groups in total. The number of nitrogens with two attached hydrogens (primary N) is 1. The predicted octanol–water partition coefficient (Wildman–Crippen LogP) is 4.57. The molecule has 3 aromatic rings. The maximum absolute atomic E-state index is 12.9. The number of nitrogens with zero attached hydrogens (tertiary/aromatic N) is 3. The topological polar surface area (TPSA) is 181 Å². The van der Waals surface area contributed by atoms with Gasteiger partial charge in [-0.1, -0.05) is 23.4 Å². The number of carboxylic acids is 1. The molecule has 200 valence electrons. The van der Waals surface area contributed by atoms with Gasteiger partial charge in [0.1, 0.15) is 28.5 Å². The van der Waals surface area contributed by atoms with E-state index in [1.807, 2.05) is 6.07 Å². The van der Waals surface area contributed by atoms with Crippen LogP contribution < -0.4 is 25.3 Å². The first kappa shape index (κ1) is 28.9. The predicted molar refractivity (Wildman–Crippen MR) is 146 cm³/mol. The fraction of sp³-hybridized carbons (Fsp3) is 0.192. The lowest BCUT2D eigenvalue weighted by atomic mass is 9.96. The molecule has 0 aliphatic heterocycles. The summed E-state index contributed by atoms with van der Waals surface area (Å²) in [4.78, 5) is 28.5. The molecule has 1 amide bonds. The minimum absolute atomic E-state index is 0.0133. The second-order valence-corrected chi connectivity index (χ2v) is 9.55. The molecule has 0 aliphatic rings. The van der Waals surface area contributed by atoms with Crippen LogP contribution in [-0.4, -0.2) is 48.5 Å². The van der Waals surface area contributed by atoms with Gasteiger partial charge in [0.15, 0.2) is 11.5 Å². The Morgan fingerprint density at radius 3 is 2.21 bits per heavy atom. The molecule has 0 bridgehead atoms. The van der Waals surface area contributed by atoms with E-state index in [0.29, 0.717) is 22.8 Å². The molecule has 0 radical (unpaired) electrons. The van der Waals surface area contributed by atoms with E-state index in [1.54, 1.807) is 19.1 Å². The number of halogens is 1. The lowest BCUT2D eigenvalue weighted by Gasteiger charge is -2.18. The van der Waals surface area contributed by atoms with E-state index in [1.165, 1.54) is 39.5 Å². The highest BCUT2D eigenvalue weighted by Gasteiger charge is 2.26. The smallest absolute Gasteiger partial charge is 0.337 e. The highest BCUT2D eigenvalue weighted by Crippen LogP contribution is 2.44. The summed E-state index contributed by atoms with van der Waals surface area (Å²) >= 11 is 6.84. The molecular weight excluding hydrogens is 546 g/mol. The molecule has 11 nitrogen and oxygen atoms in total. The highest BCUT2D eigenvalue weighted by atomic mass is 35.5. The van der Waals surface area contributed by atoms with Crippen LogP contribution in [-0.2, 0) is 4.79 Å². The Kier molecular flexibility index (Phi) is 9.09. The summed E-state index contributed by atoms with van der Waals surface area (Å²) < 4.78 is 16.2. The number of rotatable bonds is 9. The largest absolute Gasteiger partial charge is 0.493 e. The van der Waals surface area contributed by atoms with Crippen molar-refractivity contribution in [2.45, 2.75) is 17.2 Å². The SMILES string of the molecule is COc1cc(-c2c(C#N)c(N)nc(SC(C)C(=O)Nc3ccc(Cl)c(C(=O)O)c3)c2C#N)cc(OC)c1OC. The Hall–Kier alpha value is -4.65. The number of anilines is 2.